The second-order valence-corrected chi connectivity index (χ2v) is 3.69. The fourth-order valence-corrected chi connectivity index (χ4v) is 1.93. The molecule has 0 amide bonds. The molecule has 11 heavy (non-hydrogen) atoms. The van der Waals surface area contributed by atoms with E-state index in [4.69, 9.17) is 4.74 Å². The molecule has 2 heterocycles. The Morgan fingerprint density at radius 2 is 2.18 bits per heavy atom. The first-order chi connectivity index (χ1) is 4.83. The normalized spacial score (nSPS) is 34.1. The molecule has 2 aliphatic heterocycles. The van der Waals surface area contributed by atoms with Crippen molar-refractivity contribution in [1.29, 1.82) is 0 Å². The summed E-state index contributed by atoms with van der Waals surface area (Å²) in [7, 11) is 0. The molecule has 2 fully saturated rings. The van der Waals surface area contributed by atoms with Gasteiger partial charge in [0.05, 0.1) is 0 Å². The molecule has 2 aliphatic rings. The molecule has 0 bridgehead atoms. The third kappa shape index (κ3) is 1.40. The minimum atomic E-state index is 0. The van der Waals surface area contributed by atoms with Gasteiger partial charge in [-0.15, -0.1) is 12.4 Å². The molecule has 2 rings (SSSR count). The lowest BCUT2D eigenvalue weighted by Crippen LogP contribution is -2.59. The first-order valence-electron chi connectivity index (χ1n) is 4.12. The number of hydrogen-bond donors (Lipinski definition) is 1. The second-order valence-electron chi connectivity index (χ2n) is 3.69. The summed E-state index contributed by atoms with van der Waals surface area (Å²) in [6.45, 7) is 6.70. The van der Waals surface area contributed by atoms with E-state index in [2.05, 4.69) is 12.2 Å². The van der Waals surface area contributed by atoms with Crippen molar-refractivity contribution in [3.05, 3.63) is 0 Å². The summed E-state index contributed by atoms with van der Waals surface area (Å²) < 4.78 is 5.39. The van der Waals surface area contributed by atoms with Gasteiger partial charge in [-0.25, -0.2) is 0 Å². The molecule has 1 spiro atoms. The van der Waals surface area contributed by atoms with Crippen LogP contribution in [-0.2, 0) is 4.74 Å². The zero-order valence-electron chi connectivity index (χ0n) is 6.93. The highest BCUT2D eigenvalue weighted by molar-refractivity contribution is 5.85. The molecule has 0 saturated carbocycles. The quantitative estimate of drug-likeness (QED) is 0.598. The van der Waals surface area contributed by atoms with Crippen LogP contribution < -0.4 is 5.32 Å². The fourth-order valence-electron chi connectivity index (χ4n) is 1.93. The Labute approximate surface area is 74.1 Å². The van der Waals surface area contributed by atoms with Gasteiger partial charge in [0, 0.05) is 31.7 Å². The Morgan fingerprint density at radius 3 is 2.55 bits per heavy atom. The summed E-state index contributed by atoms with van der Waals surface area (Å²) >= 11 is 0. The number of ether oxygens (including phenoxy) is 1. The van der Waals surface area contributed by atoms with E-state index in [9.17, 15) is 0 Å². The van der Waals surface area contributed by atoms with Crippen molar-refractivity contribution in [2.45, 2.75) is 13.3 Å². The zero-order valence-corrected chi connectivity index (χ0v) is 7.75. The van der Waals surface area contributed by atoms with E-state index in [0.29, 0.717) is 5.41 Å². The summed E-state index contributed by atoms with van der Waals surface area (Å²) in [6.07, 6.45) is 1.27. The van der Waals surface area contributed by atoms with Crippen molar-refractivity contribution in [1.82, 2.24) is 5.32 Å². The lowest BCUT2D eigenvalue weighted by molar-refractivity contribution is -0.0610. The largest absolute Gasteiger partial charge is 0.381 e. The molecule has 0 aromatic rings. The highest BCUT2D eigenvalue weighted by Gasteiger charge is 2.43. The second kappa shape index (κ2) is 3.30. The fraction of sp³-hybridized carbons (Fsp3) is 1.00. The summed E-state index contributed by atoms with van der Waals surface area (Å²) in [5.41, 5.74) is 0.623. The Kier molecular flexibility index (Phi) is 2.79. The maximum absolute atomic E-state index is 5.39. The number of halogens is 1. The first-order valence-corrected chi connectivity index (χ1v) is 4.12. The average Bonchev–Trinajstić information content (AvgIpc) is 1.85. The molecule has 0 aliphatic carbocycles. The van der Waals surface area contributed by atoms with Gasteiger partial charge in [-0.1, -0.05) is 6.92 Å². The van der Waals surface area contributed by atoms with Gasteiger partial charge < -0.3 is 10.1 Å². The van der Waals surface area contributed by atoms with Crippen LogP contribution in [0.1, 0.15) is 13.3 Å². The van der Waals surface area contributed by atoms with E-state index in [-0.39, 0.29) is 12.4 Å². The molecule has 0 radical (unpaired) electrons. The van der Waals surface area contributed by atoms with Crippen molar-refractivity contribution in [2.75, 3.05) is 26.3 Å². The van der Waals surface area contributed by atoms with E-state index in [0.717, 1.165) is 19.1 Å². The highest BCUT2D eigenvalue weighted by Crippen LogP contribution is 2.38. The predicted octanol–water partition coefficient (Wildman–Crippen LogP) is 1.05. The van der Waals surface area contributed by atoms with E-state index in [1.807, 2.05) is 0 Å². The lowest BCUT2D eigenvalue weighted by atomic mass is 9.68. The SMILES string of the molecule is C[C@H]1COCCC12CNC2.Cl. The van der Waals surface area contributed by atoms with E-state index >= 15 is 0 Å². The molecule has 0 aromatic heterocycles. The van der Waals surface area contributed by atoms with Crippen molar-refractivity contribution in [2.24, 2.45) is 11.3 Å². The molecule has 2 saturated heterocycles. The first kappa shape index (κ1) is 9.30. The summed E-state index contributed by atoms with van der Waals surface area (Å²) in [5, 5.41) is 3.35. The minimum absolute atomic E-state index is 0. The predicted molar refractivity (Wildman–Crippen MR) is 47.2 cm³/mol. The van der Waals surface area contributed by atoms with Crippen LogP contribution in [0.5, 0.6) is 0 Å². The van der Waals surface area contributed by atoms with Crippen LogP contribution in [0, 0.1) is 11.3 Å². The maximum Gasteiger partial charge on any atom is 0.0497 e. The molecule has 0 unspecified atom stereocenters. The third-order valence-corrected chi connectivity index (χ3v) is 3.11. The van der Waals surface area contributed by atoms with Gasteiger partial charge in [-0.3, -0.25) is 0 Å². The molecule has 2 nitrogen and oxygen atoms in total. The number of rotatable bonds is 0. The Hall–Kier alpha value is 0.210. The van der Waals surface area contributed by atoms with Crippen LogP contribution in [-0.4, -0.2) is 26.3 Å². The van der Waals surface area contributed by atoms with Crippen molar-refractivity contribution in [3.8, 4) is 0 Å². The molecule has 66 valence electrons. The van der Waals surface area contributed by atoms with Gasteiger partial charge in [-0.05, 0) is 12.3 Å². The molecular weight excluding hydrogens is 162 g/mol. The lowest BCUT2D eigenvalue weighted by Gasteiger charge is -2.49. The topological polar surface area (TPSA) is 21.3 Å². The van der Waals surface area contributed by atoms with E-state index in [1.54, 1.807) is 0 Å². The Balaban J connectivity index is 0.000000605. The van der Waals surface area contributed by atoms with Crippen LogP contribution in [0.4, 0.5) is 0 Å². The molecular formula is C8H16ClNO. The summed E-state index contributed by atoms with van der Waals surface area (Å²) in [5.74, 6) is 0.766. The van der Waals surface area contributed by atoms with Crippen LogP contribution in [0.15, 0.2) is 0 Å². The maximum atomic E-state index is 5.39. The zero-order chi connectivity index (χ0) is 7.03. The molecule has 1 atom stereocenters. The van der Waals surface area contributed by atoms with Crippen LogP contribution >= 0.6 is 12.4 Å². The van der Waals surface area contributed by atoms with Gasteiger partial charge >= 0.3 is 0 Å². The van der Waals surface area contributed by atoms with Crippen molar-refractivity contribution >= 4 is 12.4 Å². The van der Waals surface area contributed by atoms with E-state index < -0.39 is 0 Å². The average molecular weight is 178 g/mol. The number of hydrogen-bond acceptors (Lipinski definition) is 2. The van der Waals surface area contributed by atoms with Crippen LogP contribution in [0.2, 0.25) is 0 Å². The van der Waals surface area contributed by atoms with E-state index in [1.165, 1.54) is 19.5 Å². The van der Waals surface area contributed by atoms with Crippen molar-refractivity contribution < 1.29 is 4.74 Å². The summed E-state index contributed by atoms with van der Waals surface area (Å²) in [6, 6.07) is 0. The van der Waals surface area contributed by atoms with Gasteiger partial charge in [0.15, 0.2) is 0 Å². The van der Waals surface area contributed by atoms with Gasteiger partial charge in [0.1, 0.15) is 0 Å². The van der Waals surface area contributed by atoms with Gasteiger partial charge in [-0.2, -0.15) is 0 Å². The number of nitrogens with one attached hydrogen (secondary N) is 1. The standard InChI is InChI=1S/C8H15NO.ClH/c1-7-4-10-3-2-8(7)5-9-6-8;/h7,9H,2-6H2,1H3;1H/t7-;/m0./s1. The molecule has 0 aromatic carbocycles. The van der Waals surface area contributed by atoms with Crippen LogP contribution in [0.25, 0.3) is 0 Å². The smallest absolute Gasteiger partial charge is 0.0497 e. The molecule has 1 N–H and O–H groups in total. The third-order valence-electron chi connectivity index (χ3n) is 3.11. The summed E-state index contributed by atoms with van der Waals surface area (Å²) in [4.78, 5) is 0. The van der Waals surface area contributed by atoms with Gasteiger partial charge in [0.25, 0.3) is 0 Å². The highest BCUT2D eigenvalue weighted by atomic mass is 35.5. The Morgan fingerprint density at radius 1 is 1.45 bits per heavy atom. The van der Waals surface area contributed by atoms with Crippen molar-refractivity contribution in [3.63, 3.8) is 0 Å². The monoisotopic (exact) mass is 177 g/mol. The van der Waals surface area contributed by atoms with Crippen LogP contribution in [0.3, 0.4) is 0 Å². The minimum Gasteiger partial charge on any atom is -0.381 e. The Bertz CT molecular complexity index is 136. The molecule has 3 heteroatoms. The van der Waals surface area contributed by atoms with Gasteiger partial charge in [0.2, 0.25) is 0 Å².